The predicted octanol–water partition coefficient (Wildman–Crippen LogP) is 2.34. The molecule has 1 saturated carbocycles. The maximum absolute atomic E-state index is 13.0. The van der Waals surface area contributed by atoms with Gasteiger partial charge in [-0.25, -0.2) is 4.39 Å². The van der Waals surface area contributed by atoms with E-state index in [4.69, 9.17) is 0 Å². The van der Waals surface area contributed by atoms with Gasteiger partial charge < -0.3 is 4.90 Å². The molecule has 2 unspecified atom stereocenters. The van der Waals surface area contributed by atoms with E-state index in [1.54, 1.807) is 31.1 Å². The molecule has 0 spiro atoms. The van der Waals surface area contributed by atoms with Crippen LogP contribution in [0.5, 0.6) is 0 Å². The molecule has 0 aromatic heterocycles. The summed E-state index contributed by atoms with van der Waals surface area (Å²) < 4.78 is 13.0. The van der Waals surface area contributed by atoms with Crippen molar-refractivity contribution in [1.82, 2.24) is 10.2 Å². The van der Waals surface area contributed by atoms with Crippen LogP contribution in [-0.4, -0.2) is 30.9 Å². The summed E-state index contributed by atoms with van der Waals surface area (Å²) in [5.41, 5.74) is 1.06. The minimum Gasteiger partial charge on any atom is -0.347 e. The van der Waals surface area contributed by atoms with Crippen LogP contribution in [0.3, 0.4) is 0 Å². The van der Waals surface area contributed by atoms with Crippen LogP contribution in [0.1, 0.15) is 31.4 Å². The molecule has 1 amide bonds. The number of rotatable bonds is 5. The van der Waals surface area contributed by atoms with Crippen LogP contribution in [0.25, 0.3) is 0 Å². The Labute approximate surface area is 113 Å². The topological polar surface area (TPSA) is 32.3 Å². The Morgan fingerprint density at radius 3 is 2.37 bits per heavy atom. The van der Waals surface area contributed by atoms with Gasteiger partial charge in [0.25, 0.3) is 0 Å². The summed E-state index contributed by atoms with van der Waals surface area (Å²) in [6.07, 6.45) is 2.33. The summed E-state index contributed by atoms with van der Waals surface area (Å²) in [6, 6.07) is 6.47. The van der Waals surface area contributed by atoms with E-state index in [0.717, 1.165) is 18.4 Å². The van der Waals surface area contributed by atoms with Crippen LogP contribution >= 0.6 is 0 Å². The van der Waals surface area contributed by atoms with Gasteiger partial charge in [-0.2, -0.15) is 0 Å². The average molecular weight is 264 g/mol. The first-order valence-electron chi connectivity index (χ1n) is 6.71. The lowest BCUT2D eigenvalue weighted by atomic mass is 10.0. The quantitative estimate of drug-likeness (QED) is 0.885. The standard InChI is InChI=1S/C15H21FN2O/c1-10(15(19)18(2)3)17-14(11-4-5-11)12-6-8-13(16)9-7-12/h6-11,14,17H,4-5H2,1-3H3. The SMILES string of the molecule is CC(NC(c1ccc(F)cc1)C1CC1)C(=O)N(C)C. The van der Waals surface area contributed by atoms with Crippen molar-refractivity contribution in [3.8, 4) is 0 Å². The second kappa shape index (κ2) is 5.70. The van der Waals surface area contributed by atoms with E-state index < -0.39 is 0 Å². The Morgan fingerprint density at radius 2 is 1.89 bits per heavy atom. The highest BCUT2D eigenvalue weighted by Gasteiger charge is 2.34. The van der Waals surface area contributed by atoms with E-state index in [1.807, 2.05) is 6.92 Å². The molecule has 0 radical (unpaired) electrons. The number of nitrogens with zero attached hydrogens (tertiary/aromatic N) is 1. The molecule has 0 saturated heterocycles. The fraction of sp³-hybridized carbons (Fsp3) is 0.533. The monoisotopic (exact) mass is 264 g/mol. The molecule has 19 heavy (non-hydrogen) atoms. The zero-order valence-electron chi connectivity index (χ0n) is 11.7. The molecule has 0 heterocycles. The van der Waals surface area contributed by atoms with Crippen molar-refractivity contribution in [2.75, 3.05) is 14.1 Å². The summed E-state index contributed by atoms with van der Waals surface area (Å²) in [7, 11) is 3.51. The molecule has 3 nitrogen and oxygen atoms in total. The smallest absolute Gasteiger partial charge is 0.238 e. The number of hydrogen-bond donors (Lipinski definition) is 1. The van der Waals surface area contributed by atoms with Crippen molar-refractivity contribution in [3.63, 3.8) is 0 Å². The van der Waals surface area contributed by atoms with E-state index >= 15 is 0 Å². The van der Waals surface area contributed by atoms with Crippen molar-refractivity contribution >= 4 is 5.91 Å². The summed E-state index contributed by atoms with van der Waals surface area (Å²) >= 11 is 0. The van der Waals surface area contributed by atoms with Crippen LogP contribution < -0.4 is 5.32 Å². The van der Waals surface area contributed by atoms with Gasteiger partial charge in [0.15, 0.2) is 0 Å². The molecule has 2 atom stereocenters. The number of likely N-dealkylation sites (N-methyl/N-ethyl adjacent to an activating group) is 1. The number of carbonyl (C=O) groups is 1. The summed E-state index contributed by atoms with van der Waals surface area (Å²) in [4.78, 5) is 13.5. The van der Waals surface area contributed by atoms with Gasteiger partial charge in [0.05, 0.1) is 6.04 Å². The number of halogens is 1. The number of benzene rings is 1. The van der Waals surface area contributed by atoms with E-state index in [-0.39, 0.29) is 23.8 Å². The zero-order chi connectivity index (χ0) is 14.0. The van der Waals surface area contributed by atoms with Gasteiger partial charge in [-0.05, 0) is 43.4 Å². The van der Waals surface area contributed by atoms with Gasteiger partial charge >= 0.3 is 0 Å². The maximum Gasteiger partial charge on any atom is 0.238 e. The van der Waals surface area contributed by atoms with Gasteiger partial charge in [0.2, 0.25) is 5.91 Å². The average Bonchev–Trinajstić information content (AvgIpc) is 3.20. The van der Waals surface area contributed by atoms with Crippen molar-refractivity contribution in [3.05, 3.63) is 35.6 Å². The molecule has 0 bridgehead atoms. The fourth-order valence-corrected chi connectivity index (χ4v) is 2.33. The van der Waals surface area contributed by atoms with Crippen LogP contribution in [0.15, 0.2) is 24.3 Å². The van der Waals surface area contributed by atoms with E-state index in [2.05, 4.69) is 5.32 Å². The van der Waals surface area contributed by atoms with E-state index in [0.29, 0.717) is 5.92 Å². The lowest BCUT2D eigenvalue weighted by Crippen LogP contribution is -2.43. The minimum atomic E-state index is -0.231. The van der Waals surface area contributed by atoms with Crippen molar-refractivity contribution in [2.45, 2.75) is 31.8 Å². The Bertz CT molecular complexity index is 440. The molecule has 104 valence electrons. The molecule has 1 aliphatic rings. The van der Waals surface area contributed by atoms with Crippen LogP contribution in [0.4, 0.5) is 4.39 Å². The number of carbonyl (C=O) groups excluding carboxylic acids is 1. The third-order valence-corrected chi connectivity index (χ3v) is 3.56. The third-order valence-electron chi connectivity index (χ3n) is 3.56. The summed E-state index contributed by atoms with van der Waals surface area (Å²) in [6.45, 7) is 1.88. The number of nitrogens with one attached hydrogen (secondary N) is 1. The summed E-state index contributed by atoms with van der Waals surface area (Å²) in [5, 5.41) is 3.38. The van der Waals surface area contributed by atoms with E-state index in [9.17, 15) is 9.18 Å². The van der Waals surface area contributed by atoms with Gasteiger partial charge in [0.1, 0.15) is 5.82 Å². The highest BCUT2D eigenvalue weighted by Crippen LogP contribution is 2.41. The van der Waals surface area contributed by atoms with Crippen LogP contribution in [0.2, 0.25) is 0 Å². The van der Waals surface area contributed by atoms with Gasteiger partial charge in [-0.3, -0.25) is 10.1 Å². The second-order valence-corrected chi connectivity index (χ2v) is 5.49. The van der Waals surface area contributed by atoms with Gasteiger partial charge in [-0.15, -0.1) is 0 Å². The molecule has 2 rings (SSSR count). The Morgan fingerprint density at radius 1 is 1.32 bits per heavy atom. The normalized spacial score (nSPS) is 17.9. The predicted molar refractivity (Wildman–Crippen MR) is 73.2 cm³/mol. The van der Waals surface area contributed by atoms with E-state index in [1.165, 1.54) is 12.1 Å². The molecule has 1 aromatic carbocycles. The first-order chi connectivity index (χ1) is 8.99. The van der Waals surface area contributed by atoms with Crippen LogP contribution in [-0.2, 0) is 4.79 Å². The second-order valence-electron chi connectivity index (χ2n) is 5.49. The molecular weight excluding hydrogens is 243 g/mol. The molecule has 1 fully saturated rings. The molecule has 0 aliphatic heterocycles. The maximum atomic E-state index is 13.0. The van der Waals surface area contributed by atoms with Crippen molar-refractivity contribution in [1.29, 1.82) is 0 Å². The minimum absolute atomic E-state index is 0.0627. The third kappa shape index (κ3) is 3.53. The zero-order valence-corrected chi connectivity index (χ0v) is 11.7. The molecule has 1 aliphatic carbocycles. The summed E-state index contributed by atoms with van der Waals surface area (Å²) in [5.74, 6) is 0.395. The lowest BCUT2D eigenvalue weighted by Gasteiger charge is -2.25. The Hall–Kier alpha value is -1.42. The Kier molecular flexibility index (Phi) is 4.20. The first kappa shape index (κ1) is 14.0. The van der Waals surface area contributed by atoms with Crippen molar-refractivity contribution in [2.24, 2.45) is 5.92 Å². The molecule has 4 heteroatoms. The highest BCUT2D eigenvalue weighted by molar-refractivity contribution is 5.81. The Balaban J connectivity index is 2.08. The molecule has 1 N–H and O–H groups in total. The first-order valence-corrected chi connectivity index (χ1v) is 6.71. The lowest BCUT2D eigenvalue weighted by molar-refractivity contribution is -0.130. The number of amides is 1. The van der Waals surface area contributed by atoms with Crippen molar-refractivity contribution < 1.29 is 9.18 Å². The number of hydrogen-bond acceptors (Lipinski definition) is 2. The van der Waals surface area contributed by atoms with Gasteiger partial charge in [0, 0.05) is 20.1 Å². The highest BCUT2D eigenvalue weighted by atomic mass is 19.1. The molecular formula is C15H21FN2O. The van der Waals surface area contributed by atoms with Crippen LogP contribution in [0, 0.1) is 11.7 Å². The fourth-order valence-electron chi connectivity index (χ4n) is 2.33. The van der Waals surface area contributed by atoms with Gasteiger partial charge in [-0.1, -0.05) is 12.1 Å². The molecule has 1 aromatic rings. The largest absolute Gasteiger partial charge is 0.347 e.